The normalized spacial score (nSPS) is 11.8. The van der Waals surface area contributed by atoms with Gasteiger partial charge in [-0.15, -0.1) is 0 Å². The predicted octanol–water partition coefficient (Wildman–Crippen LogP) is 4.32. The second-order valence-corrected chi connectivity index (χ2v) is 7.55. The van der Waals surface area contributed by atoms with E-state index >= 15 is 0 Å². The van der Waals surface area contributed by atoms with Crippen molar-refractivity contribution in [2.45, 2.75) is 39.8 Å². The average molecular weight is 407 g/mol. The molecule has 6 heteroatoms. The largest absolute Gasteiger partial charge is 0.357 e. The molecule has 1 unspecified atom stereocenters. The highest BCUT2D eigenvalue weighted by atomic mass is 35.5. The lowest BCUT2D eigenvalue weighted by Gasteiger charge is -2.28. The molecule has 0 aliphatic heterocycles. The first-order chi connectivity index (χ1) is 12.7. The number of likely N-dealkylation sites (N-methyl/N-ethyl adjacent to an activating group) is 1. The van der Waals surface area contributed by atoms with E-state index in [-0.39, 0.29) is 24.8 Å². The standard InChI is InChI=1S/C21H24Cl2N2O2/c1-13-7-14(2)9-17(8-13)11-20(26)25(15(3)21(27)24-4)12-16-5-6-18(22)19(23)10-16/h5-10,15H,11-12H2,1-4H3,(H,24,27). The van der Waals surface area contributed by atoms with Gasteiger partial charge >= 0.3 is 0 Å². The van der Waals surface area contributed by atoms with Crippen LogP contribution in [0.4, 0.5) is 0 Å². The predicted molar refractivity (Wildman–Crippen MR) is 110 cm³/mol. The van der Waals surface area contributed by atoms with Gasteiger partial charge in [-0.3, -0.25) is 9.59 Å². The molecule has 0 saturated carbocycles. The Morgan fingerprint density at radius 3 is 2.19 bits per heavy atom. The summed E-state index contributed by atoms with van der Waals surface area (Å²) in [5.74, 6) is -0.342. The third-order valence-corrected chi connectivity index (χ3v) is 5.13. The maximum atomic E-state index is 13.0. The summed E-state index contributed by atoms with van der Waals surface area (Å²) in [6.07, 6.45) is 0.227. The Hall–Kier alpha value is -2.04. The third-order valence-electron chi connectivity index (χ3n) is 4.39. The van der Waals surface area contributed by atoms with E-state index in [9.17, 15) is 9.59 Å². The van der Waals surface area contributed by atoms with E-state index in [0.717, 1.165) is 22.3 Å². The molecule has 2 rings (SSSR count). The molecule has 0 aliphatic carbocycles. The molecular formula is C21H24Cl2N2O2. The van der Waals surface area contributed by atoms with Gasteiger partial charge in [0.2, 0.25) is 11.8 Å². The van der Waals surface area contributed by atoms with Crippen molar-refractivity contribution in [1.82, 2.24) is 10.2 Å². The molecule has 27 heavy (non-hydrogen) atoms. The monoisotopic (exact) mass is 406 g/mol. The summed E-state index contributed by atoms with van der Waals surface area (Å²) < 4.78 is 0. The van der Waals surface area contributed by atoms with Crippen LogP contribution < -0.4 is 5.32 Å². The summed E-state index contributed by atoms with van der Waals surface area (Å²) in [6.45, 7) is 5.99. The van der Waals surface area contributed by atoms with Crippen LogP contribution in [0.2, 0.25) is 10.0 Å². The maximum absolute atomic E-state index is 13.0. The molecule has 0 spiro atoms. The Morgan fingerprint density at radius 2 is 1.63 bits per heavy atom. The van der Waals surface area contributed by atoms with Crippen molar-refractivity contribution in [3.8, 4) is 0 Å². The number of nitrogens with one attached hydrogen (secondary N) is 1. The lowest BCUT2D eigenvalue weighted by atomic mass is 10.0. The molecular weight excluding hydrogens is 383 g/mol. The van der Waals surface area contributed by atoms with Crippen LogP contribution in [0.5, 0.6) is 0 Å². The van der Waals surface area contributed by atoms with E-state index in [1.54, 1.807) is 31.0 Å². The number of rotatable bonds is 6. The van der Waals surface area contributed by atoms with Crippen LogP contribution in [-0.2, 0) is 22.6 Å². The quantitative estimate of drug-likeness (QED) is 0.776. The van der Waals surface area contributed by atoms with Gasteiger partial charge in [0.25, 0.3) is 0 Å². The van der Waals surface area contributed by atoms with Crippen LogP contribution in [0, 0.1) is 13.8 Å². The molecule has 2 aromatic rings. The van der Waals surface area contributed by atoms with Gasteiger partial charge in [-0.25, -0.2) is 0 Å². The molecule has 1 atom stereocenters. The van der Waals surface area contributed by atoms with Gasteiger partial charge in [0.15, 0.2) is 0 Å². The molecule has 0 aromatic heterocycles. The molecule has 4 nitrogen and oxygen atoms in total. The van der Waals surface area contributed by atoms with Gasteiger partial charge < -0.3 is 10.2 Å². The zero-order valence-electron chi connectivity index (χ0n) is 16.0. The first kappa shape index (κ1) is 21.3. The highest BCUT2D eigenvalue weighted by Crippen LogP contribution is 2.24. The first-order valence-electron chi connectivity index (χ1n) is 8.73. The minimum atomic E-state index is -0.608. The fraction of sp³-hybridized carbons (Fsp3) is 0.333. The van der Waals surface area contributed by atoms with Crippen LogP contribution in [0.15, 0.2) is 36.4 Å². The number of nitrogens with zero attached hydrogens (tertiary/aromatic N) is 1. The number of halogens is 2. The Kier molecular flexibility index (Phi) is 7.28. The Balaban J connectivity index is 2.28. The van der Waals surface area contributed by atoms with Gasteiger partial charge in [0, 0.05) is 13.6 Å². The molecule has 0 radical (unpaired) electrons. The molecule has 0 aliphatic rings. The van der Waals surface area contributed by atoms with E-state index in [1.165, 1.54) is 0 Å². The zero-order valence-corrected chi connectivity index (χ0v) is 17.5. The second-order valence-electron chi connectivity index (χ2n) is 6.73. The van der Waals surface area contributed by atoms with E-state index in [0.29, 0.717) is 10.0 Å². The molecule has 144 valence electrons. The Bertz CT molecular complexity index is 832. The van der Waals surface area contributed by atoms with E-state index in [1.807, 2.05) is 32.0 Å². The second kappa shape index (κ2) is 9.25. The van der Waals surface area contributed by atoms with Gasteiger partial charge in [0.1, 0.15) is 6.04 Å². The Morgan fingerprint density at radius 1 is 1.00 bits per heavy atom. The summed E-state index contributed by atoms with van der Waals surface area (Å²) in [7, 11) is 1.56. The van der Waals surface area contributed by atoms with Crippen molar-refractivity contribution in [2.24, 2.45) is 0 Å². The van der Waals surface area contributed by atoms with Gasteiger partial charge in [0.05, 0.1) is 16.5 Å². The highest BCUT2D eigenvalue weighted by molar-refractivity contribution is 6.42. The van der Waals surface area contributed by atoms with E-state index in [2.05, 4.69) is 11.4 Å². The maximum Gasteiger partial charge on any atom is 0.242 e. The van der Waals surface area contributed by atoms with Gasteiger partial charge in [-0.05, 0) is 44.0 Å². The molecule has 2 aromatic carbocycles. The lowest BCUT2D eigenvalue weighted by molar-refractivity contribution is -0.139. The molecule has 1 N–H and O–H groups in total. The first-order valence-corrected chi connectivity index (χ1v) is 9.49. The van der Waals surface area contributed by atoms with Crippen molar-refractivity contribution < 1.29 is 9.59 Å². The SMILES string of the molecule is CNC(=O)C(C)N(Cc1ccc(Cl)c(Cl)c1)C(=O)Cc1cc(C)cc(C)c1. The molecule has 0 saturated heterocycles. The number of carbonyl (C=O) groups is 2. The zero-order chi connectivity index (χ0) is 20.1. The van der Waals surface area contributed by atoms with Crippen LogP contribution in [-0.4, -0.2) is 29.8 Å². The van der Waals surface area contributed by atoms with E-state index in [4.69, 9.17) is 23.2 Å². The Labute approximate surface area is 170 Å². The lowest BCUT2D eigenvalue weighted by Crippen LogP contribution is -2.47. The molecule has 0 fully saturated rings. The minimum Gasteiger partial charge on any atom is -0.357 e. The third kappa shape index (κ3) is 5.72. The average Bonchev–Trinajstić information content (AvgIpc) is 2.60. The fourth-order valence-corrected chi connectivity index (χ4v) is 3.39. The van der Waals surface area contributed by atoms with Crippen molar-refractivity contribution >= 4 is 35.0 Å². The van der Waals surface area contributed by atoms with Crippen molar-refractivity contribution in [3.63, 3.8) is 0 Å². The van der Waals surface area contributed by atoms with Crippen molar-refractivity contribution in [3.05, 3.63) is 68.7 Å². The number of hydrogen-bond acceptors (Lipinski definition) is 2. The molecule has 2 amide bonds. The van der Waals surface area contributed by atoms with Gasteiger partial charge in [-0.2, -0.15) is 0 Å². The number of aryl methyl sites for hydroxylation is 2. The smallest absolute Gasteiger partial charge is 0.242 e. The van der Waals surface area contributed by atoms with Crippen LogP contribution in [0.25, 0.3) is 0 Å². The number of benzene rings is 2. The number of amides is 2. The van der Waals surface area contributed by atoms with Crippen LogP contribution >= 0.6 is 23.2 Å². The van der Waals surface area contributed by atoms with Crippen LogP contribution in [0.1, 0.15) is 29.2 Å². The van der Waals surface area contributed by atoms with Crippen molar-refractivity contribution in [1.29, 1.82) is 0 Å². The van der Waals surface area contributed by atoms with E-state index < -0.39 is 6.04 Å². The van der Waals surface area contributed by atoms with Crippen molar-refractivity contribution in [2.75, 3.05) is 7.05 Å². The summed E-state index contributed by atoms with van der Waals surface area (Å²) in [5, 5.41) is 3.48. The fourth-order valence-electron chi connectivity index (χ4n) is 3.07. The van der Waals surface area contributed by atoms with Crippen LogP contribution in [0.3, 0.4) is 0 Å². The summed E-state index contributed by atoms with van der Waals surface area (Å²) in [6, 6.07) is 10.7. The minimum absolute atomic E-state index is 0.123. The number of carbonyl (C=O) groups excluding carboxylic acids is 2. The summed E-state index contributed by atoms with van der Waals surface area (Å²) in [5.41, 5.74) is 3.95. The number of hydrogen-bond donors (Lipinski definition) is 1. The molecule has 0 bridgehead atoms. The summed E-state index contributed by atoms with van der Waals surface area (Å²) >= 11 is 12.1. The summed E-state index contributed by atoms with van der Waals surface area (Å²) in [4.78, 5) is 26.8. The highest BCUT2D eigenvalue weighted by Gasteiger charge is 2.25. The molecule has 0 heterocycles. The van der Waals surface area contributed by atoms with Gasteiger partial charge in [-0.1, -0.05) is 58.6 Å². The topological polar surface area (TPSA) is 49.4 Å².